The third-order valence-corrected chi connectivity index (χ3v) is 9.86. The van der Waals surface area contributed by atoms with E-state index in [0.29, 0.717) is 35.6 Å². The molecule has 3 heterocycles. The second kappa shape index (κ2) is 14.6. The first-order valence-electron chi connectivity index (χ1n) is 17.1. The Hall–Kier alpha value is -5.37. The minimum Gasteiger partial charge on any atom is -0.493 e. The van der Waals surface area contributed by atoms with Crippen LogP contribution in [0.2, 0.25) is 0 Å². The highest BCUT2D eigenvalue weighted by atomic mass is 32.1. The lowest BCUT2D eigenvalue weighted by Gasteiger charge is -2.35. The molecule has 2 aromatic heterocycles. The van der Waals surface area contributed by atoms with Crippen molar-refractivity contribution in [2.75, 3.05) is 19.0 Å². The molecule has 0 radical (unpaired) electrons. The molecule has 14 heteroatoms. The number of alkyl halides is 2. The van der Waals surface area contributed by atoms with E-state index in [1.54, 1.807) is 32.9 Å². The van der Waals surface area contributed by atoms with Crippen LogP contribution in [-0.2, 0) is 22.4 Å². The molecule has 1 saturated carbocycles. The van der Waals surface area contributed by atoms with Gasteiger partial charge in [-0.25, -0.2) is 23.4 Å². The fourth-order valence-corrected chi connectivity index (χ4v) is 7.40. The normalized spacial score (nSPS) is 14.7. The number of alkyl carbamates (subject to hydrolysis) is 1. The number of hydrogen-bond acceptors (Lipinski definition) is 9. The van der Waals surface area contributed by atoms with Gasteiger partial charge in [0.05, 0.1) is 13.7 Å². The molecule has 0 atom stereocenters. The van der Waals surface area contributed by atoms with Gasteiger partial charge in [0.2, 0.25) is 0 Å². The van der Waals surface area contributed by atoms with Gasteiger partial charge >= 0.3 is 12.1 Å². The molecule has 2 aromatic carbocycles. The molecule has 1 aliphatic heterocycles. The minimum atomic E-state index is -2.83. The Labute approximate surface area is 309 Å². The fraction of sp³-hybridized carbons (Fsp3) is 0.359. The summed E-state index contributed by atoms with van der Waals surface area (Å²) in [6.45, 7) is 9.64. The summed E-state index contributed by atoms with van der Waals surface area (Å²) >= 11 is 1.52. The molecule has 3 amide bonds. The highest BCUT2D eigenvalue weighted by Crippen LogP contribution is 2.44. The van der Waals surface area contributed by atoms with Crippen LogP contribution in [0, 0.1) is 13.8 Å². The molecule has 2 aliphatic rings. The molecule has 6 rings (SSSR count). The molecule has 4 aromatic rings. The maximum atomic E-state index is 14.4. The zero-order valence-electron chi connectivity index (χ0n) is 30.2. The highest BCUT2D eigenvalue weighted by Gasteiger charge is 2.46. The first kappa shape index (κ1) is 37.4. The standard InChI is InChI=1S/C39H40F2N4O7S/c1-20-13-22(19-42-37(49)52-38(3,4)5)14-21(2)31(20)45-34(46)27-15-28-30(51-11-9-23-10-12-53-33(23)28)16-26(27)25-7-8-29(44-32(25)36(48)50-6)35(47)43-24-17-39(40,41)18-24/h7-8,10,12-16,24H,9,11,17-19H2,1-6H3,(H,42,49)(H,43,47)(H,45,46). The van der Waals surface area contributed by atoms with Crippen LogP contribution in [0.5, 0.6) is 5.75 Å². The van der Waals surface area contributed by atoms with Crippen LogP contribution in [0.3, 0.4) is 0 Å². The minimum absolute atomic E-state index is 0.169. The van der Waals surface area contributed by atoms with E-state index in [2.05, 4.69) is 20.9 Å². The molecule has 1 aliphatic carbocycles. The molecule has 0 unspecified atom stereocenters. The van der Waals surface area contributed by atoms with E-state index in [9.17, 15) is 28.0 Å². The Morgan fingerprint density at radius 3 is 2.36 bits per heavy atom. The number of methoxy groups -OCH3 is 1. The molecule has 11 nitrogen and oxygen atoms in total. The number of nitrogens with zero attached hydrogens (tertiary/aromatic N) is 1. The van der Waals surface area contributed by atoms with Gasteiger partial charge in [0.25, 0.3) is 17.7 Å². The number of hydrogen-bond donors (Lipinski definition) is 3. The number of fused-ring (bicyclic) bond motifs is 3. The molecule has 3 N–H and O–H groups in total. The lowest BCUT2D eigenvalue weighted by atomic mass is 9.88. The Balaban J connectivity index is 1.38. The Bertz CT molecular complexity index is 2090. The third kappa shape index (κ3) is 8.32. The molecule has 0 bridgehead atoms. The summed E-state index contributed by atoms with van der Waals surface area (Å²) in [6.07, 6.45) is -0.851. The molecular formula is C39H40F2N4O7S. The van der Waals surface area contributed by atoms with Gasteiger partial charge in [-0.15, -0.1) is 11.3 Å². The first-order valence-corrected chi connectivity index (χ1v) is 17.9. The number of esters is 1. The number of aryl methyl sites for hydroxylation is 2. The van der Waals surface area contributed by atoms with E-state index in [0.717, 1.165) is 27.1 Å². The van der Waals surface area contributed by atoms with Gasteiger partial charge in [0.15, 0.2) is 5.69 Å². The highest BCUT2D eigenvalue weighted by molar-refractivity contribution is 7.13. The van der Waals surface area contributed by atoms with Crippen molar-refractivity contribution in [3.05, 3.63) is 87.0 Å². The van der Waals surface area contributed by atoms with Crippen molar-refractivity contribution < 1.29 is 42.2 Å². The van der Waals surface area contributed by atoms with E-state index in [1.165, 1.54) is 30.6 Å². The van der Waals surface area contributed by atoms with Crippen LogP contribution in [0.4, 0.5) is 19.3 Å². The predicted molar refractivity (Wildman–Crippen MR) is 196 cm³/mol. The van der Waals surface area contributed by atoms with Crippen LogP contribution in [0.1, 0.15) is 87.2 Å². The number of thiophene rings is 1. The number of nitrogens with one attached hydrogen (secondary N) is 3. The summed E-state index contributed by atoms with van der Waals surface area (Å²) in [4.78, 5) is 58.1. The van der Waals surface area contributed by atoms with E-state index < -0.39 is 54.3 Å². The fourth-order valence-electron chi connectivity index (χ4n) is 6.43. The van der Waals surface area contributed by atoms with Crippen LogP contribution in [-0.4, -0.2) is 60.1 Å². The number of carbonyl (C=O) groups excluding carboxylic acids is 4. The largest absolute Gasteiger partial charge is 0.493 e. The van der Waals surface area contributed by atoms with Crippen molar-refractivity contribution >= 4 is 40.9 Å². The van der Waals surface area contributed by atoms with Crippen molar-refractivity contribution in [1.82, 2.24) is 15.6 Å². The van der Waals surface area contributed by atoms with E-state index >= 15 is 0 Å². The average Bonchev–Trinajstić information content (AvgIpc) is 3.47. The van der Waals surface area contributed by atoms with E-state index in [1.807, 2.05) is 37.4 Å². The van der Waals surface area contributed by atoms with Crippen LogP contribution >= 0.6 is 11.3 Å². The Kier molecular flexibility index (Phi) is 10.3. The summed E-state index contributed by atoms with van der Waals surface area (Å²) in [5.41, 5.74) is 4.29. The SMILES string of the molecule is COC(=O)c1nc(C(=O)NC2CC(F)(F)C2)ccc1-c1cc2c(cc1C(=O)Nc1c(C)cc(CNC(=O)OC(C)(C)C)cc1C)-c1sccc1CCO2. The molecule has 0 spiro atoms. The number of halogens is 2. The lowest BCUT2D eigenvalue weighted by molar-refractivity contribution is -0.0902. The van der Waals surface area contributed by atoms with Crippen molar-refractivity contribution in [3.63, 3.8) is 0 Å². The Morgan fingerprint density at radius 1 is 0.981 bits per heavy atom. The summed E-state index contributed by atoms with van der Waals surface area (Å²) in [6, 6.07) is 11.3. The number of carbonyl (C=O) groups is 4. The van der Waals surface area contributed by atoms with Crippen LogP contribution in [0.25, 0.3) is 21.6 Å². The second-order valence-corrected chi connectivity index (χ2v) is 15.1. The molecular weight excluding hydrogens is 707 g/mol. The number of anilines is 1. The average molecular weight is 747 g/mol. The summed E-state index contributed by atoms with van der Waals surface area (Å²) in [5.74, 6) is -4.41. The lowest BCUT2D eigenvalue weighted by Crippen LogP contribution is -2.50. The van der Waals surface area contributed by atoms with Crippen molar-refractivity contribution in [3.8, 4) is 27.3 Å². The van der Waals surface area contributed by atoms with Gasteiger partial charge in [-0.2, -0.15) is 0 Å². The van der Waals surface area contributed by atoms with Gasteiger partial charge in [-0.05, 0) is 92.6 Å². The maximum absolute atomic E-state index is 14.4. The van der Waals surface area contributed by atoms with Gasteiger partial charge in [0.1, 0.15) is 17.0 Å². The smallest absolute Gasteiger partial charge is 0.407 e. The summed E-state index contributed by atoms with van der Waals surface area (Å²) in [7, 11) is 1.17. The van der Waals surface area contributed by atoms with Gasteiger partial charge in [0, 0.05) is 64.7 Å². The first-order chi connectivity index (χ1) is 25.0. The van der Waals surface area contributed by atoms with E-state index in [4.69, 9.17) is 14.2 Å². The number of ether oxygens (including phenoxy) is 3. The van der Waals surface area contributed by atoms with Crippen molar-refractivity contribution in [2.24, 2.45) is 0 Å². The summed E-state index contributed by atoms with van der Waals surface area (Å²) < 4.78 is 43.4. The van der Waals surface area contributed by atoms with E-state index in [-0.39, 0.29) is 29.1 Å². The van der Waals surface area contributed by atoms with Crippen molar-refractivity contribution in [2.45, 2.75) is 78.0 Å². The van der Waals surface area contributed by atoms with Gasteiger partial charge in [-0.3, -0.25) is 9.59 Å². The Morgan fingerprint density at radius 2 is 1.70 bits per heavy atom. The van der Waals surface area contributed by atoms with Gasteiger partial charge < -0.3 is 30.2 Å². The number of amides is 3. The predicted octanol–water partition coefficient (Wildman–Crippen LogP) is 7.62. The van der Waals surface area contributed by atoms with Gasteiger partial charge in [-0.1, -0.05) is 12.1 Å². The van der Waals surface area contributed by atoms with Crippen LogP contribution in [0.15, 0.2) is 47.8 Å². The third-order valence-electron chi connectivity index (χ3n) is 8.87. The molecule has 278 valence electrons. The number of pyridine rings is 1. The quantitative estimate of drug-likeness (QED) is 0.156. The molecule has 1 fully saturated rings. The molecule has 0 saturated heterocycles. The number of aromatic nitrogens is 1. The second-order valence-electron chi connectivity index (χ2n) is 14.2. The van der Waals surface area contributed by atoms with Crippen molar-refractivity contribution in [1.29, 1.82) is 0 Å². The van der Waals surface area contributed by atoms with Crippen LogP contribution < -0.4 is 20.7 Å². The molecule has 53 heavy (non-hydrogen) atoms. The monoisotopic (exact) mass is 746 g/mol. The summed E-state index contributed by atoms with van der Waals surface area (Å²) in [5, 5.41) is 10.3. The zero-order chi connectivity index (χ0) is 38.2. The zero-order valence-corrected chi connectivity index (χ0v) is 31.0. The number of benzene rings is 2. The number of rotatable bonds is 8. The topological polar surface area (TPSA) is 145 Å². The maximum Gasteiger partial charge on any atom is 0.407 e.